The maximum Gasteiger partial charge on any atom is 0.323 e. The van der Waals surface area contributed by atoms with E-state index in [-0.39, 0.29) is 24.5 Å². The molecule has 1 heterocycles. The lowest BCUT2D eigenvalue weighted by Gasteiger charge is -2.32. The number of anilines is 1. The maximum absolute atomic E-state index is 13.5. The van der Waals surface area contributed by atoms with Gasteiger partial charge in [-0.1, -0.05) is 51.2 Å². The van der Waals surface area contributed by atoms with Gasteiger partial charge in [-0.2, -0.15) is 0 Å². The number of ether oxygens (including phenoxy) is 2. The molecule has 1 aromatic rings. The summed E-state index contributed by atoms with van der Waals surface area (Å²) in [5.41, 5.74) is 0.0604. The lowest BCUT2D eigenvalue weighted by atomic mass is 9.85. The molecule has 1 aromatic carbocycles. The summed E-state index contributed by atoms with van der Waals surface area (Å²) in [4.78, 5) is 40.5. The summed E-state index contributed by atoms with van der Waals surface area (Å²) in [6.07, 6.45) is 7.62. The zero-order valence-corrected chi connectivity index (χ0v) is 23.1. The summed E-state index contributed by atoms with van der Waals surface area (Å²) in [5.74, 6) is -0.981. The predicted molar refractivity (Wildman–Crippen MR) is 143 cm³/mol. The van der Waals surface area contributed by atoms with Crippen LogP contribution in [-0.2, 0) is 23.9 Å². The van der Waals surface area contributed by atoms with Gasteiger partial charge in [-0.3, -0.25) is 19.7 Å². The fraction of sp³-hybridized carbons (Fsp3) is 0.679. The van der Waals surface area contributed by atoms with Gasteiger partial charge in [-0.25, -0.2) is 0 Å². The molecule has 1 saturated carbocycles. The number of rotatable bonds is 9. The van der Waals surface area contributed by atoms with E-state index in [1.165, 1.54) is 43.9 Å². The molecule has 1 aliphatic carbocycles. The second-order valence-electron chi connectivity index (χ2n) is 10.9. The molecule has 2 unspecified atom stereocenters. The number of para-hydroxylation sites is 1. The van der Waals surface area contributed by atoms with Gasteiger partial charge in [0.2, 0.25) is 5.91 Å². The number of hydrogen-bond donors (Lipinski definition) is 2. The summed E-state index contributed by atoms with van der Waals surface area (Å²) in [5, 5.41) is 5.86. The van der Waals surface area contributed by atoms with Crippen LogP contribution in [-0.4, -0.2) is 47.4 Å². The van der Waals surface area contributed by atoms with Gasteiger partial charge in [0, 0.05) is 10.1 Å². The third-order valence-corrected chi connectivity index (χ3v) is 8.39. The van der Waals surface area contributed by atoms with Gasteiger partial charge in [0.25, 0.3) is 0 Å². The molecule has 7 nitrogen and oxygen atoms in total. The molecule has 1 aliphatic heterocycles. The van der Waals surface area contributed by atoms with E-state index in [1.807, 2.05) is 45.0 Å². The van der Waals surface area contributed by atoms with Crippen molar-refractivity contribution in [1.82, 2.24) is 5.32 Å². The average molecular weight is 519 g/mol. The molecular weight excluding hydrogens is 476 g/mol. The average Bonchev–Trinajstić information content (AvgIpc) is 2.96. The zero-order chi connectivity index (χ0) is 26.3. The van der Waals surface area contributed by atoms with E-state index < -0.39 is 28.9 Å². The minimum absolute atomic E-state index is 0.264. The first-order chi connectivity index (χ1) is 17.1. The molecule has 8 heteroatoms. The molecule has 4 atom stereocenters. The summed E-state index contributed by atoms with van der Waals surface area (Å²) in [6.45, 7) is 9.35. The van der Waals surface area contributed by atoms with Gasteiger partial charge in [0.05, 0.1) is 18.2 Å². The number of benzene rings is 1. The van der Waals surface area contributed by atoms with Crippen LogP contribution in [0.4, 0.5) is 5.69 Å². The van der Waals surface area contributed by atoms with Crippen molar-refractivity contribution in [3.63, 3.8) is 0 Å². The molecule has 0 bridgehead atoms. The Morgan fingerprint density at radius 2 is 1.83 bits per heavy atom. The summed E-state index contributed by atoms with van der Waals surface area (Å²) < 4.78 is 11.1. The van der Waals surface area contributed by atoms with Crippen LogP contribution >= 0.6 is 11.8 Å². The number of nitrogens with one attached hydrogen (secondary N) is 2. The molecule has 36 heavy (non-hydrogen) atoms. The van der Waals surface area contributed by atoms with Crippen molar-refractivity contribution in [1.29, 1.82) is 0 Å². The Kier molecular flexibility index (Phi) is 10.3. The Hall–Kier alpha value is -2.06. The largest absolute Gasteiger partial charge is 0.465 e. The second-order valence-corrected chi connectivity index (χ2v) is 12.1. The third-order valence-electron chi connectivity index (χ3n) is 6.83. The standard InChI is InChI=1S/C28H42N2O5S/c1-6-34-27(33)21(17-16-19-12-8-7-9-13-19)29-23-24(18(2)26(32)35-28(3,4)5)36-22-15-11-10-14-20(22)30-25(23)31/h10-11,14-15,18-19,21,23-24,29H,6-9,12-13,16-17H2,1-5H3,(H,30,31)/t18?,21-,23-,24?/m0/s1. The van der Waals surface area contributed by atoms with Crippen molar-refractivity contribution < 1.29 is 23.9 Å². The fourth-order valence-corrected chi connectivity index (χ4v) is 6.29. The van der Waals surface area contributed by atoms with E-state index in [1.54, 1.807) is 13.8 Å². The number of hydrogen-bond acceptors (Lipinski definition) is 7. The number of amides is 1. The van der Waals surface area contributed by atoms with Crippen molar-refractivity contribution in [3.05, 3.63) is 24.3 Å². The zero-order valence-electron chi connectivity index (χ0n) is 22.3. The van der Waals surface area contributed by atoms with Crippen molar-refractivity contribution in [3.8, 4) is 0 Å². The summed E-state index contributed by atoms with van der Waals surface area (Å²) >= 11 is 1.47. The van der Waals surface area contributed by atoms with E-state index in [2.05, 4.69) is 10.6 Å². The lowest BCUT2D eigenvalue weighted by molar-refractivity contribution is -0.159. The van der Waals surface area contributed by atoms with Crippen molar-refractivity contribution in [2.24, 2.45) is 11.8 Å². The van der Waals surface area contributed by atoms with E-state index in [0.29, 0.717) is 18.0 Å². The highest BCUT2D eigenvalue weighted by molar-refractivity contribution is 8.00. The maximum atomic E-state index is 13.5. The SMILES string of the molecule is CCOC(=O)[C@H](CCC1CCCCC1)N[C@@H]1C(=O)Nc2ccccc2SC1C(C)C(=O)OC(C)(C)C. The van der Waals surface area contributed by atoms with Crippen LogP contribution in [0.1, 0.15) is 79.6 Å². The van der Waals surface area contributed by atoms with E-state index in [9.17, 15) is 14.4 Å². The molecule has 3 rings (SSSR count). The number of carbonyl (C=O) groups excluding carboxylic acids is 3. The van der Waals surface area contributed by atoms with Crippen LogP contribution in [0.2, 0.25) is 0 Å². The topological polar surface area (TPSA) is 93.7 Å². The molecule has 1 fully saturated rings. The van der Waals surface area contributed by atoms with Gasteiger partial charge in [-0.15, -0.1) is 11.8 Å². The first-order valence-electron chi connectivity index (χ1n) is 13.3. The first kappa shape index (κ1) is 28.5. The highest BCUT2D eigenvalue weighted by Crippen LogP contribution is 2.39. The monoisotopic (exact) mass is 518 g/mol. The Balaban J connectivity index is 1.86. The molecule has 0 spiro atoms. The van der Waals surface area contributed by atoms with E-state index in [0.717, 1.165) is 11.3 Å². The molecule has 2 aliphatic rings. The molecule has 0 saturated heterocycles. The normalized spacial score (nSPS) is 22.5. The fourth-order valence-electron chi connectivity index (χ4n) is 4.94. The molecule has 0 aromatic heterocycles. The highest BCUT2D eigenvalue weighted by atomic mass is 32.2. The third kappa shape index (κ3) is 7.97. The smallest absolute Gasteiger partial charge is 0.323 e. The minimum Gasteiger partial charge on any atom is -0.465 e. The Bertz CT molecular complexity index is 909. The van der Waals surface area contributed by atoms with Gasteiger partial charge in [0.15, 0.2) is 0 Å². The quantitative estimate of drug-likeness (QED) is 0.427. The molecule has 1 amide bonds. The molecule has 200 valence electrons. The first-order valence-corrected chi connectivity index (χ1v) is 14.2. The Morgan fingerprint density at radius 1 is 1.14 bits per heavy atom. The van der Waals surface area contributed by atoms with Crippen LogP contribution in [0, 0.1) is 11.8 Å². The summed E-state index contributed by atoms with van der Waals surface area (Å²) in [6, 6.07) is 6.15. The number of fused-ring (bicyclic) bond motifs is 1. The van der Waals surface area contributed by atoms with Crippen LogP contribution in [0.3, 0.4) is 0 Å². The van der Waals surface area contributed by atoms with Gasteiger partial charge >= 0.3 is 11.9 Å². The minimum atomic E-state index is -0.786. The summed E-state index contributed by atoms with van der Waals surface area (Å²) in [7, 11) is 0. The predicted octanol–water partition coefficient (Wildman–Crippen LogP) is 5.33. The number of esters is 2. The lowest BCUT2D eigenvalue weighted by Crippen LogP contribution is -2.56. The van der Waals surface area contributed by atoms with E-state index in [4.69, 9.17) is 9.47 Å². The van der Waals surface area contributed by atoms with Crippen molar-refractivity contribution in [2.75, 3.05) is 11.9 Å². The molecule has 0 radical (unpaired) electrons. The van der Waals surface area contributed by atoms with Crippen LogP contribution in [0.15, 0.2) is 29.2 Å². The number of carbonyl (C=O) groups is 3. The molecular formula is C28H42N2O5S. The van der Waals surface area contributed by atoms with E-state index >= 15 is 0 Å². The highest BCUT2D eigenvalue weighted by Gasteiger charge is 2.42. The second kappa shape index (κ2) is 13.0. The molecule has 2 N–H and O–H groups in total. The van der Waals surface area contributed by atoms with Gasteiger partial charge < -0.3 is 14.8 Å². The Labute approximate surface area is 219 Å². The van der Waals surface area contributed by atoms with Crippen LogP contribution in [0.25, 0.3) is 0 Å². The number of thioether (sulfide) groups is 1. The van der Waals surface area contributed by atoms with Crippen LogP contribution < -0.4 is 10.6 Å². The van der Waals surface area contributed by atoms with Gasteiger partial charge in [0.1, 0.15) is 17.7 Å². The Morgan fingerprint density at radius 3 is 2.50 bits per heavy atom. The van der Waals surface area contributed by atoms with Gasteiger partial charge in [-0.05, 0) is 58.6 Å². The van der Waals surface area contributed by atoms with Crippen molar-refractivity contribution in [2.45, 2.75) is 107 Å². The van der Waals surface area contributed by atoms with Crippen molar-refractivity contribution >= 4 is 35.3 Å². The van der Waals surface area contributed by atoms with Crippen LogP contribution in [0.5, 0.6) is 0 Å².